The molecule has 12 heavy (non-hydrogen) atoms. The summed E-state index contributed by atoms with van der Waals surface area (Å²) >= 11 is 0. The molecule has 68 valence electrons. The molecule has 3 nitrogen and oxygen atoms in total. The Kier molecular flexibility index (Phi) is 5.00. The highest BCUT2D eigenvalue weighted by atomic mass is 16.5. The van der Waals surface area contributed by atoms with E-state index in [2.05, 4.69) is 9.97 Å². The molecule has 0 aromatic carbocycles. The Bertz CT molecular complexity index is 236. The van der Waals surface area contributed by atoms with E-state index in [1.165, 1.54) is 0 Å². The van der Waals surface area contributed by atoms with E-state index in [4.69, 9.17) is 4.74 Å². The van der Waals surface area contributed by atoms with Gasteiger partial charge in [0.1, 0.15) is 0 Å². The van der Waals surface area contributed by atoms with E-state index in [-0.39, 0.29) is 0 Å². The number of hydrogen-bond donors (Lipinski definition) is 0. The van der Waals surface area contributed by atoms with Crippen LogP contribution in [0.3, 0.4) is 0 Å². The lowest BCUT2D eigenvalue weighted by atomic mass is 10.4. The van der Waals surface area contributed by atoms with Crippen molar-refractivity contribution in [1.29, 1.82) is 0 Å². The summed E-state index contributed by atoms with van der Waals surface area (Å²) in [6, 6.07) is 0. The predicted molar refractivity (Wildman–Crippen MR) is 49.4 cm³/mol. The van der Waals surface area contributed by atoms with Gasteiger partial charge in [0.2, 0.25) is 5.88 Å². The second-order valence-corrected chi connectivity index (χ2v) is 2.11. The van der Waals surface area contributed by atoms with Gasteiger partial charge in [0.25, 0.3) is 0 Å². The molecule has 0 aliphatic carbocycles. The maximum atomic E-state index is 4.93. The van der Waals surface area contributed by atoms with Crippen LogP contribution < -0.4 is 4.74 Å². The van der Waals surface area contributed by atoms with Gasteiger partial charge in [-0.3, -0.25) is 4.98 Å². The third-order valence-corrected chi connectivity index (χ3v) is 1.22. The van der Waals surface area contributed by atoms with Gasteiger partial charge in [-0.2, -0.15) is 0 Å². The molecule has 1 heterocycles. The fourth-order valence-corrected chi connectivity index (χ4v) is 0.787. The summed E-state index contributed by atoms with van der Waals surface area (Å²) in [5, 5.41) is 0. The van der Waals surface area contributed by atoms with E-state index < -0.39 is 0 Å². The van der Waals surface area contributed by atoms with E-state index in [0.717, 1.165) is 11.4 Å². The highest BCUT2D eigenvalue weighted by molar-refractivity contribution is 5.17. The molecule has 0 saturated heterocycles. The maximum absolute atomic E-state index is 4.93. The third-order valence-electron chi connectivity index (χ3n) is 1.22. The summed E-state index contributed by atoms with van der Waals surface area (Å²) < 4.78 is 4.93. The van der Waals surface area contributed by atoms with Crippen molar-refractivity contribution in [3.63, 3.8) is 0 Å². The van der Waals surface area contributed by atoms with Crippen LogP contribution >= 0.6 is 0 Å². The van der Waals surface area contributed by atoms with Crippen LogP contribution in [0.1, 0.15) is 25.2 Å². The molecule has 0 unspecified atom stereocenters. The number of rotatable bonds is 1. The fraction of sp³-hybridized carbons (Fsp3) is 0.556. The van der Waals surface area contributed by atoms with Crippen LogP contribution in [-0.4, -0.2) is 17.1 Å². The number of aromatic nitrogens is 2. The minimum absolute atomic E-state index is 0.602. The molecule has 0 aliphatic rings. The summed E-state index contributed by atoms with van der Waals surface area (Å²) in [5.41, 5.74) is 1.75. The zero-order chi connectivity index (χ0) is 9.56. The summed E-state index contributed by atoms with van der Waals surface area (Å²) in [6.07, 6.45) is 1.69. The Hall–Kier alpha value is -1.12. The summed E-state index contributed by atoms with van der Waals surface area (Å²) in [6.45, 7) is 7.78. The van der Waals surface area contributed by atoms with E-state index in [1.807, 2.05) is 27.7 Å². The van der Waals surface area contributed by atoms with Crippen molar-refractivity contribution in [2.24, 2.45) is 0 Å². The number of methoxy groups -OCH3 is 1. The zero-order valence-corrected chi connectivity index (χ0v) is 8.38. The van der Waals surface area contributed by atoms with Gasteiger partial charge in [-0.25, -0.2) is 4.98 Å². The number of hydrogen-bond acceptors (Lipinski definition) is 3. The molecule has 0 saturated carbocycles. The van der Waals surface area contributed by atoms with Crippen molar-refractivity contribution in [3.8, 4) is 5.88 Å². The quantitative estimate of drug-likeness (QED) is 0.644. The first-order chi connectivity index (χ1) is 5.74. The molecular formula is C9H16N2O. The van der Waals surface area contributed by atoms with Crippen molar-refractivity contribution in [2.75, 3.05) is 7.11 Å². The molecular weight excluding hydrogens is 152 g/mol. The molecule has 0 bridgehead atoms. The van der Waals surface area contributed by atoms with Crippen LogP contribution in [-0.2, 0) is 0 Å². The minimum atomic E-state index is 0.602. The molecule has 0 aliphatic heterocycles. The number of aryl methyl sites for hydroxylation is 2. The summed E-state index contributed by atoms with van der Waals surface area (Å²) in [7, 11) is 1.59. The van der Waals surface area contributed by atoms with Crippen molar-refractivity contribution in [3.05, 3.63) is 17.6 Å². The van der Waals surface area contributed by atoms with Crippen molar-refractivity contribution in [1.82, 2.24) is 9.97 Å². The van der Waals surface area contributed by atoms with Gasteiger partial charge in [-0.1, -0.05) is 13.8 Å². The topological polar surface area (TPSA) is 35.0 Å². The lowest BCUT2D eigenvalue weighted by molar-refractivity contribution is 0.391. The second kappa shape index (κ2) is 5.52. The van der Waals surface area contributed by atoms with Crippen LogP contribution in [0, 0.1) is 13.8 Å². The average Bonchev–Trinajstić information content (AvgIpc) is 2.08. The molecule has 0 radical (unpaired) electrons. The minimum Gasteiger partial charge on any atom is -0.480 e. The lowest BCUT2D eigenvalue weighted by Gasteiger charge is -2.00. The van der Waals surface area contributed by atoms with Crippen LogP contribution in [0.4, 0.5) is 0 Å². The van der Waals surface area contributed by atoms with Gasteiger partial charge in [-0.05, 0) is 13.8 Å². The van der Waals surface area contributed by atoms with Gasteiger partial charge in [0.15, 0.2) is 0 Å². The highest BCUT2D eigenvalue weighted by Gasteiger charge is 1.98. The van der Waals surface area contributed by atoms with E-state index in [0.29, 0.717) is 5.88 Å². The van der Waals surface area contributed by atoms with Gasteiger partial charge >= 0.3 is 0 Å². The summed E-state index contributed by atoms with van der Waals surface area (Å²) in [4.78, 5) is 8.17. The molecule has 0 amide bonds. The van der Waals surface area contributed by atoms with Crippen LogP contribution in [0.5, 0.6) is 5.88 Å². The molecule has 1 rings (SSSR count). The SMILES string of the molecule is CC.COc1ncc(C)nc1C. The monoisotopic (exact) mass is 168 g/mol. The van der Waals surface area contributed by atoms with Gasteiger partial charge < -0.3 is 4.74 Å². The van der Waals surface area contributed by atoms with Crippen LogP contribution in [0.25, 0.3) is 0 Å². The first kappa shape index (κ1) is 10.9. The molecule has 0 N–H and O–H groups in total. The maximum Gasteiger partial charge on any atom is 0.235 e. The largest absolute Gasteiger partial charge is 0.480 e. The zero-order valence-electron chi connectivity index (χ0n) is 8.38. The Morgan fingerprint density at radius 3 is 2.25 bits per heavy atom. The molecule has 1 aromatic rings. The molecule has 0 atom stereocenters. The third kappa shape index (κ3) is 2.86. The lowest BCUT2D eigenvalue weighted by Crippen LogP contribution is -1.94. The predicted octanol–water partition coefficient (Wildman–Crippen LogP) is 2.13. The first-order valence-corrected chi connectivity index (χ1v) is 4.08. The molecule has 0 fully saturated rings. The second-order valence-electron chi connectivity index (χ2n) is 2.11. The van der Waals surface area contributed by atoms with E-state index >= 15 is 0 Å². The summed E-state index contributed by atoms with van der Waals surface area (Å²) in [5.74, 6) is 0.602. The Morgan fingerprint density at radius 2 is 1.83 bits per heavy atom. The van der Waals surface area contributed by atoms with Crippen molar-refractivity contribution < 1.29 is 4.74 Å². The average molecular weight is 168 g/mol. The van der Waals surface area contributed by atoms with Gasteiger partial charge in [0.05, 0.1) is 24.7 Å². The standard InChI is InChI=1S/C7H10N2O.C2H6/c1-5-4-8-7(10-3)6(2)9-5;1-2/h4H,1-3H3;1-2H3. The van der Waals surface area contributed by atoms with Crippen LogP contribution in [0.2, 0.25) is 0 Å². The van der Waals surface area contributed by atoms with Gasteiger partial charge in [0, 0.05) is 0 Å². The molecule has 1 aromatic heterocycles. The Balaban J connectivity index is 0.000000561. The Morgan fingerprint density at radius 1 is 1.25 bits per heavy atom. The number of nitrogens with zero attached hydrogens (tertiary/aromatic N) is 2. The normalized spacial score (nSPS) is 8.42. The smallest absolute Gasteiger partial charge is 0.235 e. The Labute approximate surface area is 73.8 Å². The highest BCUT2D eigenvalue weighted by Crippen LogP contribution is 2.09. The van der Waals surface area contributed by atoms with Crippen molar-refractivity contribution in [2.45, 2.75) is 27.7 Å². The van der Waals surface area contributed by atoms with Crippen molar-refractivity contribution >= 4 is 0 Å². The van der Waals surface area contributed by atoms with Crippen LogP contribution in [0.15, 0.2) is 6.20 Å². The molecule has 3 heteroatoms. The number of ether oxygens (including phenoxy) is 1. The fourth-order valence-electron chi connectivity index (χ4n) is 0.787. The van der Waals surface area contributed by atoms with E-state index in [9.17, 15) is 0 Å². The first-order valence-electron chi connectivity index (χ1n) is 4.08. The molecule has 0 spiro atoms. The van der Waals surface area contributed by atoms with E-state index in [1.54, 1.807) is 13.3 Å². The van der Waals surface area contributed by atoms with Gasteiger partial charge in [-0.15, -0.1) is 0 Å².